The number of hydrogen-bond donors (Lipinski definition) is 5. The van der Waals surface area contributed by atoms with E-state index in [0.29, 0.717) is 50.7 Å². The number of rotatable bonds is 5. The van der Waals surface area contributed by atoms with Crippen LogP contribution in [0.15, 0.2) is 42.5 Å². The van der Waals surface area contributed by atoms with Gasteiger partial charge < -0.3 is 26.7 Å². The van der Waals surface area contributed by atoms with Gasteiger partial charge in [-0.1, -0.05) is 12.1 Å². The largest absolute Gasteiger partial charge is 0.397 e. The Balaban J connectivity index is 1.51. The number of aromatic nitrogens is 1. The molecule has 0 fully saturated rings. The van der Waals surface area contributed by atoms with Crippen molar-refractivity contribution in [1.29, 1.82) is 0 Å². The van der Waals surface area contributed by atoms with E-state index < -0.39 is 17.6 Å². The van der Waals surface area contributed by atoms with Gasteiger partial charge >= 0.3 is 0 Å². The molecule has 0 bridgehead atoms. The summed E-state index contributed by atoms with van der Waals surface area (Å²) in [5, 5.41) is 7.94. The highest BCUT2D eigenvalue weighted by molar-refractivity contribution is 6.35. The van der Waals surface area contributed by atoms with E-state index >= 15 is 0 Å². The molecule has 6 N–H and O–H groups in total. The predicted molar refractivity (Wildman–Crippen MR) is 125 cm³/mol. The normalized spacial score (nSPS) is 13.5. The Labute approximate surface area is 189 Å². The van der Waals surface area contributed by atoms with Gasteiger partial charge in [0.1, 0.15) is 5.82 Å². The van der Waals surface area contributed by atoms with Crippen LogP contribution in [0, 0.1) is 19.7 Å². The minimum absolute atomic E-state index is 0.247. The van der Waals surface area contributed by atoms with Crippen molar-refractivity contribution in [2.24, 2.45) is 0 Å². The Morgan fingerprint density at radius 1 is 1.15 bits per heavy atom. The van der Waals surface area contributed by atoms with Gasteiger partial charge in [0.05, 0.1) is 29.1 Å². The Kier molecular flexibility index (Phi) is 5.70. The van der Waals surface area contributed by atoms with Gasteiger partial charge in [-0.05, 0) is 55.8 Å². The van der Waals surface area contributed by atoms with E-state index in [1.807, 2.05) is 0 Å². The minimum Gasteiger partial charge on any atom is -0.397 e. The molecular weight excluding hydrogens is 425 g/mol. The lowest BCUT2D eigenvalue weighted by Crippen LogP contribution is -2.33. The molecule has 0 aliphatic carbocycles. The number of carbonyl (C=O) groups excluding carboxylic acids is 3. The van der Waals surface area contributed by atoms with Crippen molar-refractivity contribution in [2.75, 3.05) is 22.9 Å². The van der Waals surface area contributed by atoms with E-state index in [4.69, 9.17) is 5.73 Å². The zero-order valence-electron chi connectivity index (χ0n) is 18.0. The molecule has 33 heavy (non-hydrogen) atoms. The molecule has 2 heterocycles. The van der Waals surface area contributed by atoms with E-state index in [9.17, 15) is 18.8 Å². The maximum absolute atomic E-state index is 13.7. The molecule has 3 amide bonds. The first-order valence-corrected chi connectivity index (χ1v) is 10.2. The van der Waals surface area contributed by atoms with E-state index in [1.165, 1.54) is 18.2 Å². The van der Waals surface area contributed by atoms with E-state index in [1.54, 1.807) is 44.2 Å². The number of para-hydroxylation sites is 2. The first-order valence-electron chi connectivity index (χ1n) is 10.2. The standard InChI is InChI=1S/C24H22FN5O3/c1-12-20(10-16-15-9-14(25)7-8-18(15)30-23(16)32)28-13(2)22(12)24(33)27-11-21(31)29-19-6-4-3-5-17(19)26/h3-10,28H,11,26H2,1-2H3,(H,27,33)(H,29,31)(H,30,32)/b16-10-. The number of fused-ring (bicyclic) bond motifs is 1. The van der Waals surface area contributed by atoms with E-state index in [2.05, 4.69) is 20.9 Å². The van der Waals surface area contributed by atoms with Crippen LogP contribution < -0.4 is 21.7 Å². The third kappa shape index (κ3) is 4.33. The summed E-state index contributed by atoms with van der Waals surface area (Å²) < 4.78 is 13.7. The number of nitrogens with one attached hydrogen (secondary N) is 4. The molecule has 0 saturated carbocycles. The van der Waals surface area contributed by atoms with Gasteiger partial charge in [0.2, 0.25) is 5.91 Å². The summed E-state index contributed by atoms with van der Waals surface area (Å²) in [6.45, 7) is 3.20. The molecule has 0 spiro atoms. The van der Waals surface area contributed by atoms with Crippen LogP contribution in [0.4, 0.5) is 21.5 Å². The molecule has 0 radical (unpaired) electrons. The molecule has 1 aromatic heterocycles. The molecule has 1 aliphatic rings. The Morgan fingerprint density at radius 2 is 1.91 bits per heavy atom. The Bertz CT molecular complexity index is 1330. The van der Waals surface area contributed by atoms with Crippen molar-refractivity contribution in [3.8, 4) is 0 Å². The fourth-order valence-electron chi connectivity index (χ4n) is 3.76. The quantitative estimate of drug-likeness (QED) is 0.304. The number of nitrogens with two attached hydrogens (primary N) is 1. The molecule has 0 saturated heterocycles. The number of amides is 3. The second-order valence-corrected chi connectivity index (χ2v) is 7.68. The lowest BCUT2D eigenvalue weighted by molar-refractivity contribution is -0.115. The summed E-state index contributed by atoms with van der Waals surface area (Å²) in [5.74, 6) is -1.67. The first-order chi connectivity index (χ1) is 15.7. The van der Waals surface area contributed by atoms with Crippen molar-refractivity contribution in [2.45, 2.75) is 13.8 Å². The minimum atomic E-state index is -0.453. The average Bonchev–Trinajstić information content (AvgIpc) is 3.23. The van der Waals surface area contributed by atoms with Gasteiger partial charge in [-0.15, -0.1) is 0 Å². The van der Waals surface area contributed by atoms with Crippen LogP contribution in [0.25, 0.3) is 11.6 Å². The van der Waals surface area contributed by atoms with Crippen LogP contribution in [-0.2, 0) is 9.59 Å². The molecule has 2 aromatic carbocycles. The van der Waals surface area contributed by atoms with Gasteiger partial charge in [0, 0.05) is 22.6 Å². The number of hydrogen-bond acceptors (Lipinski definition) is 4. The highest BCUT2D eigenvalue weighted by atomic mass is 19.1. The number of carbonyl (C=O) groups is 3. The van der Waals surface area contributed by atoms with E-state index in [0.717, 1.165) is 0 Å². The van der Waals surface area contributed by atoms with E-state index in [-0.39, 0.29) is 12.5 Å². The number of benzene rings is 2. The number of aryl methyl sites for hydroxylation is 1. The van der Waals surface area contributed by atoms with Crippen LogP contribution in [0.5, 0.6) is 0 Å². The molecule has 0 unspecified atom stereocenters. The van der Waals surface area contributed by atoms with Crippen molar-refractivity contribution in [1.82, 2.24) is 10.3 Å². The van der Waals surface area contributed by atoms with Crippen molar-refractivity contribution in [3.63, 3.8) is 0 Å². The summed E-state index contributed by atoms with van der Waals surface area (Å²) in [5.41, 5.74) is 10.0. The van der Waals surface area contributed by atoms with Gasteiger partial charge in [0.15, 0.2) is 0 Å². The fraction of sp³-hybridized carbons (Fsp3) is 0.125. The van der Waals surface area contributed by atoms with Gasteiger partial charge in [-0.25, -0.2) is 4.39 Å². The monoisotopic (exact) mass is 447 g/mol. The molecule has 8 nitrogen and oxygen atoms in total. The summed E-state index contributed by atoms with van der Waals surface area (Å²) in [4.78, 5) is 40.5. The number of anilines is 3. The number of nitrogen functional groups attached to an aromatic ring is 1. The van der Waals surface area contributed by atoms with Gasteiger partial charge in [0.25, 0.3) is 11.8 Å². The molecule has 1 aliphatic heterocycles. The second-order valence-electron chi connectivity index (χ2n) is 7.68. The second kappa shape index (κ2) is 8.62. The van der Waals surface area contributed by atoms with Gasteiger partial charge in [-0.2, -0.15) is 0 Å². The number of H-pyrrole nitrogens is 1. The third-order valence-corrected chi connectivity index (χ3v) is 5.40. The molecule has 3 aromatic rings. The third-order valence-electron chi connectivity index (χ3n) is 5.40. The average molecular weight is 447 g/mol. The summed E-state index contributed by atoms with van der Waals surface area (Å²) in [6, 6.07) is 10.9. The first kappa shape index (κ1) is 21.8. The van der Waals surface area contributed by atoms with Crippen molar-refractivity contribution < 1.29 is 18.8 Å². The lowest BCUT2D eigenvalue weighted by Gasteiger charge is -2.09. The zero-order chi connectivity index (χ0) is 23.7. The van der Waals surface area contributed by atoms with Crippen molar-refractivity contribution >= 4 is 46.4 Å². The van der Waals surface area contributed by atoms with Crippen LogP contribution in [0.2, 0.25) is 0 Å². The Hall–Kier alpha value is -4.40. The number of halogens is 1. The van der Waals surface area contributed by atoms with Crippen LogP contribution >= 0.6 is 0 Å². The van der Waals surface area contributed by atoms with Crippen LogP contribution in [0.1, 0.15) is 32.9 Å². The topological polar surface area (TPSA) is 129 Å². The number of aromatic amines is 1. The van der Waals surface area contributed by atoms with Crippen molar-refractivity contribution in [3.05, 3.63) is 76.4 Å². The molecule has 0 atom stereocenters. The van der Waals surface area contributed by atoms with Crippen LogP contribution in [0.3, 0.4) is 0 Å². The fourth-order valence-corrected chi connectivity index (χ4v) is 3.76. The summed E-state index contributed by atoms with van der Waals surface area (Å²) >= 11 is 0. The van der Waals surface area contributed by atoms with Crippen LogP contribution in [-0.4, -0.2) is 29.3 Å². The SMILES string of the molecule is Cc1[nH]c(/C=C2\C(=O)Nc3ccc(F)cc32)c(C)c1C(=O)NCC(=O)Nc1ccccc1N. The molecule has 9 heteroatoms. The summed E-state index contributed by atoms with van der Waals surface area (Å²) in [6.07, 6.45) is 1.59. The Morgan fingerprint density at radius 3 is 2.67 bits per heavy atom. The molecule has 4 rings (SSSR count). The lowest BCUT2D eigenvalue weighted by atomic mass is 10.0. The maximum Gasteiger partial charge on any atom is 0.256 e. The maximum atomic E-state index is 13.7. The predicted octanol–water partition coefficient (Wildman–Crippen LogP) is 3.21. The highest BCUT2D eigenvalue weighted by Gasteiger charge is 2.26. The van der Waals surface area contributed by atoms with Gasteiger partial charge in [-0.3, -0.25) is 14.4 Å². The summed E-state index contributed by atoms with van der Waals surface area (Å²) in [7, 11) is 0. The highest BCUT2D eigenvalue weighted by Crippen LogP contribution is 2.34. The molecular formula is C24H22FN5O3. The zero-order valence-corrected chi connectivity index (χ0v) is 18.0. The smallest absolute Gasteiger partial charge is 0.256 e. The molecule has 168 valence electrons.